The van der Waals surface area contributed by atoms with Crippen LogP contribution in [-0.4, -0.2) is 11.8 Å². The van der Waals surface area contributed by atoms with E-state index in [4.69, 9.17) is 17.4 Å². The molecular weight excluding hydrogens is 300 g/mol. The molecule has 0 saturated carbocycles. The Morgan fingerprint density at radius 3 is 2.43 bits per heavy atom. The van der Waals surface area contributed by atoms with E-state index in [0.29, 0.717) is 0 Å². The van der Waals surface area contributed by atoms with E-state index in [1.165, 1.54) is 21.6 Å². The molecule has 4 heteroatoms. The summed E-state index contributed by atoms with van der Waals surface area (Å²) >= 11 is 7.78. The number of nitrogens with two attached hydrogens (primary N) is 1. The van der Waals surface area contributed by atoms with Crippen LogP contribution in [0.15, 0.2) is 47.4 Å². The molecule has 0 aliphatic carbocycles. The molecule has 2 rings (SSSR count). The monoisotopic (exact) mass is 320 g/mol. The Kier molecular flexibility index (Phi) is 6.12. The number of nitrogens with one attached hydrogen (secondary N) is 1. The van der Waals surface area contributed by atoms with Crippen LogP contribution >= 0.6 is 23.4 Å². The van der Waals surface area contributed by atoms with Crippen molar-refractivity contribution in [2.75, 3.05) is 5.75 Å². The average Bonchev–Trinajstić information content (AvgIpc) is 2.46. The van der Waals surface area contributed by atoms with E-state index in [2.05, 4.69) is 43.5 Å². The Bertz CT molecular complexity index is 581. The summed E-state index contributed by atoms with van der Waals surface area (Å²) in [6.07, 6.45) is 0.933. The summed E-state index contributed by atoms with van der Waals surface area (Å²) in [5.74, 6) is 6.63. The minimum absolute atomic E-state index is 0.230. The third-order valence-corrected chi connectivity index (χ3v) is 4.97. The highest BCUT2D eigenvalue weighted by molar-refractivity contribution is 7.99. The lowest BCUT2D eigenvalue weighted by atomic mass is 9.97. The summed E-state index contributed by atoms with van der Waals surface area (Å²) < 4.78 is 0. The molecule has 1 atom stereocenters. The molecule has 0 fully saturated rings. The summed E-state index contributed by atoms with van der Waals surface area (Å²) in [6, 6.07) is 14.6. The molecule has 2 aromatic rings. The van der Waals surface area contributed by atoms with E-state index in [-0.39, 0.29) is 6.04 Å². The van der Waals surface area contributed by atoms with E-state index < -0.39 is 0 Å². The van der Waals surface area contributed by atoms with Crippen molar-refractivity contribution in [2.45, 2.75) is 31.2 Å². The normalized spacial score (nSPS) is 12.4. The standard InChI is InChI=1S/C17H21ClN2S/c1-12-5-3-6-13(2)17(12)10-15(20-19)11-21-16-8-4-7-14(18)9-16/h3-9,15,20H,10-11,19H2,1-2H3. The fraction of sp³-hybridized carbons (Fsp3) is 0.294. The van der Waals surface area contributed by atoms with Gasteiger partial charge < -0.3 is 0 Å². The van der Waals surface area contributed by atoms with Crippen LogP contribution in [0.5, 0.6) is 0 Å². The van der Waals surface area contributed by atoms with Crippen LogP contribution in [0.25, 0.3) is 0 Å². The molecule has 0 heterocycles. The maximum atomic E-state index is 6.01. The highest BCUT2D eigenvalue weighted by Crippen LogP contribution is 2.24. The van der Waals surface area contributed by atoms with Crippen molar-refractivity contribution in [3.05, 3.63) is 64.2 Å². The number of aryl methyl sites for hydroxylation is 2. The zero-order valence-electron chi connectivity index (χ0n) is 12.4. The molecule has 0 spiro atoms. The second-order valence-electron chi connectivity index (χ2n) is 5.21. The molecule has 0 amide bonds. The Hall–Kier alpha value is -1.00. The molecule has 0 saturated heterocycles. The topological polar surface area (TPSA) is 38.0 Å². The van der Waals surface area contributed by atoms with Gasteiger partial charge in [-0.1, -0.05) is 35.9 Å². The number of rotatable bonds is 6. The van der Waals surface area contributed by atoms with Crippen LogP contribution < -0.4 is 11.3 Å². The molecule has 0 aromatic heterocycles. The first-order chi connectivity index (χ1) is 10.1. The van der Waals surface area contributed by atoms with Gasteiger partial charge in [0.05, 0.1) is 0 Å². The quantitative estimate of drug-likeness (QED) is 0.477. The Morgan fingerprint density at radius 2 is 1.81 bits per heavy atom. The van der Waals surface area contributed by atoms with Gasteiger partial charge in [0.15, 0.2) is 0 Å². The lowest BCUT2D eigenvalue weighted by molar-refractivity contribution is 0.573. The van der Waals surface area contributed by atoms with Gasteiger partial charge in [-0.05, 0) is 55.2 Å². The summed E-state index contributed by atoms with van der Waals surface area (Å²) in [5.41, 5.74) is 6.96. The zero-order chi connectivity index (χ0) is 15.2. The molecule has 2 nitrogen and oxygen atoms in total. The van der Waals surface area contributed by atoms with Crippen molar-refractivity contribution in [2.24, 2.45) is 5.84 Å². The van der Waals surface area contributed by atoms with Gasteiger partial charge in [0.2, 0.25) is 0 Å². The number of thioether (sulfide) groups is 1. The first-order valence-corrected chi connectivity index (χ1v) is 8.36. The molecule has 21 heavy (non-hydrogen) atoms. The lowest BCUT2D eigenvalue weighted by Crippen LogP contribution is -2.39. The highest BCUT2D eigenvalue weighted by Gasteiger charge is 2.12. The van der Waals surface area contributed by atoms with E-state index in [1.807, 2.05) is 18.2 Å². The summed E-state index contributed by atoms with van der Waals surface area (Å²) in [5, 5.41) is 0.770. The van der Waals surface area contributed by atoms with Gasteiger partial charge in [-0.25, -0.2) is 0 Å². The van der Waals surface area contributed by atoms with Crippen LogP contribution in [0.4, 0.5) is 0 Å². The van der Waals surface area contributed by atoms with Crippen molar-refractivity contribution >= 4 is 23.4 Å². The fourth-order valence-corrected chi connectivity index (χ4v) is 3.58. The highest BCUT2D eigenvalue weighted by atomic mass is 35.5. The van der Waals surface area contributed by atoms with Gasteiger partial charge in [-0.2, -0.15) is 0 Å². The number of hydrogen-bond acceptors (Lipinski definition) is 3. The maximum absolute atomic E-state index is 6.01. The minimum atomic E-state index is 0.230. The summed E-state index contributed by atoms with van der Waals surface area (Å²) in [4.78, 5) is 1.17. The molecule has 0 aliphatic rings. The molecule has 0 aliphatic heterocycles. The molecule has 0 bridgehead atoms. The summed E-state index contributed by atoms with van der Waals surface area (Å²) in [7, 11) is 0. The van der Waals surface area contributed by atoms with Crippen LogP contribution in [0.1, 0.15) is 16.7 Å². The zero-order valence-corrected chi connectivity index (χ0v) is 14.0. The number of hydrogen-bond donors (Lipinski definition) is 2. The first-order valence-electron chi connectivity index (χ1n) is 6.99. The first kappa shape index (κ1) is 16.4. The van der Waals surface area contributed by atoms with Crippen molar-refractivity contribution in [3.8, 4) is 0 Å². The van der Waals surface area contributed by atoms with E-state index in [9.17, 15) is 0 Å². The fourth-order valence-electron chi connectivity index (χ4n) is 2.34. The number of benzene rings is 2. The Morgan fingerprint density at radius 1 is 1.14 bits per heavy atom. The van der Waals surface area contributed by atoms with Crippen molar-refractivity contribution in [3.63, 3.8) is 0 Å². The predicted octanol–water partition coefficient (Wildman–Crippen LogP) is 4.12. The Labute approximate surface area is 136 Å². The molecule has 112 valence electrons. The van der Waals surface area contributed by atoms with E-state index in [1.54, 1.807) is 11.8 Å². The van der Waals surface area contributed by atoms with Gasteiger partial charge in [0.1, 0.15) is 0 Å². The van der Waals surface area contributed by atoms with Gasteiger partial charge in [0.25, 0.3) is 0 Å². The smallest absolute Gasteiger partial charge is 0.0417 e. The van der Waals surface area contributed by atoms with Crippen LogP contribution in [-0.2, 0) is 6.42 Å². The van der Waals surface area contributed by atoms with Crippen molar-refractivity contribution in [1.82, 2.24) is 5.43 Å². The Balaban J connectivity index is 2.00. The van der Waals surface area contributed by atoms with Gasteiger partial charge in [-0.3, -0.25) is 11.3 Å². The third kappa shape index (κ3) is 4.75. The second kappa shape index (κ2) is 7.85. The van der Waals surface area contributed by atoms with Gasteiger partial charge >= 0.3 is 0 Å². The van der Waals surface area contributed by atoms with Crippen molar-refractivity contribution in [1.29, 1.82) is 0 Å². The van der Waals surface area contributed by atoms with Crippen LogP contribution in [0, 0.1) is 13.8 Å². The second-order valence-corrected chi connectivity index (χ2v) is 6.74. The van der Waals surface area contributed by atoms with Crippen LogP contribution in [0.2, 0.25) is 5.02 Å². The number of hydrazine groups is 1. The SMILES string of the molecule is Cc1cccc(C)c1CC(CSc1cccc(Cl)c1)NN. The van der Waals surface area contributed by atoms with E-state index >= 15 is 0 Å². The molecule has 0 radical (unpaired) electrons. The molecule has 1 unspecified atom stereocenters. The largest absolute Gasteiger partial charge is 0.271 e. The van der Waals surface area contributed by atoms with E-state index in [0.717, 1.165) is 17.2 Å². The predicted molar refractivity (Wildman–Crippen MR) is 92.9 cm³/mol. The maximum Gasteiger partial charge on any atom is 0.0417 e. The third-order valence-electron chi connectivity index (χ3n) is 3.58. The van der Waals surface area contributed by atoms with Gasteiger partial charge in [-0.15, -0.1) is 11.8 Å². The lowest BCUT2D eigenvalue weighted by Gasteiger charge is -2.18. The minimum Gasteiger partial charge on any atom is -0.271 e. The van der Waals surface area contributed by atoms with Gasteiger partial charge in [0, 0.05) is 21.7 Å². The molecular formula is C17H21ClN2S. The van der Waals surface area contributed by atoms with Crippen molar-refractivity contribution < 1.29 is 0 Å². The summed E-state index contributed by atoms with van der Waals surface area (Å²) in [6.45, 7) is 4.31. The van der Waals surface area contributed by atoms with Crippen LogP contribution in [0.3, 0.4) is 0 Å². The molecule has 3 N–H and O–H groups in total. The molecule has 2 aromatic carbocycles. The number of halogens is 1. The average molecular weight is 321 g/mol.